The molecule has 144 valence electrons. The van der Waals surface area contributed by atoms with Crippen molar-refractivity contribution in [2.24, 2.45) is 0 Å². The lowest BCUT2D eigenvalue weighted by molar-refractivity contribution is -0.174. The topological polar surface area (TPSA) is 83.5 Å². The van der Waals surface area contributed by atoms with E-state index in [-0.39, 0.29) is 6.61 Å². The maximum atomic E-state index is 13.7. The molecule has 0 saturated carbocycles. The number of hydrogen-bond acceptors (Lipinski definition) is 7. The predicted octanol–water partition coefficient (Wildman–Crippen LogP) is 1.98. The molecule has 0 aromatic heterocycles. The Morgan fingerprint density at radius 3 is 2.23 bits per heavy atom. The second-order valence-electron chi connectivity index (χ2n) is 7.85. The fraction of sp³-hybridized carbons (Fsp3) is 0.667. The quantitative estimate of drug-likeness (QED) is 0.781. The Hall–Kier alpha value is -0.790. The molecule has 1 aromatic rings. The molecule has 3 aliphatic rings. The maximum absolute atomic E-state index is 13.7. The van der Waals surface area contributed by atoms with E-state index < -0.39 is 49.2 Å². The van der Waals surface area contributed by atoms with Crippen molar-refractivity contribution in [1.29, 1.82) is 0 Å². The van der Waals surface area contributed by atoms with Crippen LogP contribution in [0.25, 0.3) is 0 Å². The molecule has 4 rings (SSSR count). The van der Waals surface area contributed by atoms with E-state index in [0.717, 1.165) is 0 Å². The normalized spacial score (nSPS) is 44.0. The van der Waals surface area contributed by atoms with Gasteiger partial charge in [-0.2, -0.15) is 0 Å². The number of aliphatic hydroxyl groups excluding tert-OH is 1. The zero-order valence-electron chi connectivity index (χ0n) is 15.3. The van der Waals surface area contributed by atoms with E-state index in [2.05, 4.69) is 0 Å². The molecule has 0 spiro atoms. The summed E-state index contributed by atoms with van der Waals surface area (Å²) in [4.78, 5) is 0. The molecule has 7 nitrogen and oxygen atoms in total. The first-order valence-corrected chi connectivity index (χ1v) is 10.5. The van der Waals surface area contributed by atoms with Gasteiger partial charge in [-0.1, -0.05) is 18.2 Å². The SMILES string of the molecule is CC1(C)O[C@@H]2[C@H](O1)[C@@H](O)[P@@](=O)(c1ccccc1)O[C@@H]2[C@H]1COC(C)(C)O1. The molecule has 3 fully saturated rings. The average molecular weight is 384 g/mol. The zero-order chi connectivity index (χ0) is 18.7. The Bertz CT molecular complexity index is 720. The van der Waals surface area contributed by atoms with Gasteiger partial charge in [-0.05, 0) is 39.8 Å². The van der Waals surface area contributed by atoms with Gasteiger partial charge in [-0.3, -0.25) is 4.57 Å². The number of benzene rings is 1. The minimum Gasteiger partial charge on any atom is -0.380 e. The summed E-state index contributed by atoms with van der Waals surface area (Å²) in [6.45, 7) is 7.44. The van der Waals surface area contributed by atoms with E-state index in [0.29, 0.717) is 5.30 Å². The van der Waals surface area contributed by atoms with Crippen LogP contribution in [0.15, 0.2) is 30.3 Å². The van der Waals surface area contributed by atoms with Crippen LogP contribution in [0.2, 0.25) is 0 Å². The van der Waals surface area contributed by atoms with E-state index in [4.69, 9.17) is 23.5 Å². The molecule has 0 radical (unpaired) electrons. The van der Waals surface area contributed by atoms with Gasteiger partial charge in [0.05, 0.1) is 6.61 Å². The summed E-state index contributed by atoms with van der Waals surface area (Å²) in [7, 11) is -3.62. The second kappa shape index (κ2) is 6.11. The molecule has 0 amide bonds. The molecule has 0 unspecified atom stereocenters. The first kappa shape index (κ1) is 18.6. The van der Waals surface area contributed by atoms with Gasteiger partial charge in [-0.15, -0.1) is 0 Å². The second-order valence-corrected chi connectivity index (χ2v) is 10.3. The number of rotatable bonds is 2. The summed E-state index contributed by atoms with van der Waals surface area (Å²) in [5.74, 6) is -2.99. The molecule has 3 saturated heterocycles. The van der Waals surface area contributed by atoms with E-state index >= 15 is 0 Å². The van der Waals surface area contributed by atoms with Crippen LogP contribution in [0, 0.1) is 0 Å². The lowest BCUT2D eigenvalue weighted by Crippen LogP contribution is -2.55. The molecular weight excluding hydrogens is 359 g/mol. The van der Waals surface area contributed by atoms with Gasteiger partial charge in [0.2, 0.25) is 0 Å². The Morgan fingerprint density at radius 1 is 0.962 bits per heavy atom. The smallest absolute Gasteiger partial charge is 0.262 e. The van der Waals surface area contributed by atoms with Crippen LogP contribution < -0.4 is 5.30 Å². The van der Waals surface area contributed by atoms with Gasteiger partial charge in [-0.25, -0.2) is 0 Å². The average Bonchev–Trinajstić information content (AvgIpc) is 3.10. The number of hydrogen-bond donors (Lipinski definition) is 1. The highest BCUT2D eigenvalue weighted by atomic mass is 31.2. The Kier molecular flexibility index (Phi) is 4.36. The van der Waals surface area contributed by atoms with Crippen molar-refractivity contribution >= 4 is 12.7 Å². The number of fused-ring (bicyclic) bond motifs is 1. The monoisotopic (exact) mass is 384 g/mol. The molecule has 3 heterocycles. The standard InChI is InChI=1S/C18H25O7P/c1-17(2)21-10-12(22-17)13-14-15(24-18(3,4)23-14)16(19)26(20,25-13)11-8-6-5-7-9-11/h5-9,12-16,19H,10H2,1-4H3/t12-,13-,14+,15+,16+,26-/m1/s1. The highest BCUT2D eigenvalue weighted by Gasteiger charge is 2.62. The van der Waals surface area contributed by atoms with Gasteiger partial charge in [0.15, 0.2) is 17.4 Å². The number of aliphatic hydroxyl groups is 1. The maximum Gasteiger partial charge on any atom is 0.262 e. The predicted molar refractivity (Wildman–Crippen MR) is 93.3 cm³/mol. The van der Waals surface area contributed by atoms with Crippen LogP contribution >= 0.6 is 7.37 Å². The van der Waals surface area contributed by atoms with Crippen molar-refractivity contribution in [3.05, 3.63) is 30.3 Å². The van der Waals surface area contributed by atoms with Gasteiger partial charge >= 0.3 is 0 Å². The number of ether oxygens (including phenoxy) is 4. The van der Waals surface area contributed by atoms with Crippen LogP contribution in [0.3, 0.4) is 0 Å². The van der Waals surface area contributed by atoms with Gasteiger partial charge in [0, 0.05) is 5.30 Å². The summed E-state index contributed by atoms with van der Waals surface area (Å²) < 4.78 is 43.3. The highest BCUT2D eigenvalue weighted by Crippen LogP contribution is 2.60. The molecule has 1 aromatic carbocycles. The summed E-state index contributed by atoms with van der Waals surface area (Å²) in [6.07, 6.45) is -2.53. The first-order chi connectivity index (χ1) is 12.1. The summed E-state index contributed by atoms with van der Waals surface area (Å²) in [5.41, 5.74) is 0. The van der Waals surface area contributed by atoms with Gasteiger partial charge in [0.1, 0.15) is 24.4 Å². The molecule has 8 heteroatoms. The van der Waals surface area contributed by atoms with Crippen LogP contribution in [0.5, 0.6) is 0 Å². The van der Waals surface area contributed by atoms with E-state index in [9.17, 15) is 9.67 Å². The molecule has 6 atom stereocenters. The third-order valence-electron chi connectivity index (χ3n) is 4.92. The van der Waals surface area contributed by atoms with Crippen molar-refractivity contribution in [1.82, 2.24) is 0 Å². The van der Waals surface area contributed by atoms with Crippen molar-refractivity contribution < 1.29 is 33.1 Å². The molecule has 1 N–H and O–H groups in total. The minimum atomic E-state index is -3.62. The lowest BCUT2D eigenvalue weighted by atomic mass is 10.0. The van der Waals surface area contributed by atoms with Crippen LogP contribution in [-0.4, -0.2) is 53.5 Å². The Morgan fingerprint density at radius 2 is 1.62 bits per heavy atom. The largest absolute Gasteiger partial charge is 0.380 e. The molecule has 0 bridgehead atoms. The fourth-order valence-corrected chi connectivity index (χ4v) is 6.18. The molecule has 3 aliphatic heterocycles. The molecular formula is C18H25O7P. The Balaban J connectivity index is 1.72. The fourth-order valence-electron chi connectivity index (χ4n) is 3.80. The van der Waals surface area contributed by atoms with Crippen LogP contribution in [0.1, 0.15) is 27.7 Å². The molecule has 26 heavy (non-hydrogen) atoms. The van der Waals surface area contributed by atoms with Crippen molar-refractivity contribution in [3.63, 3.8) is 0 Å². The van der Waals surface area contributed by atoms with Gasteiger partial charge in [0.25, 0.3) is 7.37 Å². The Labute approximate surface area is 153 Å². The van der Waals surface area contributed by atoms with Crippen molar-refractivity contribution in [3.8, 4) is 0 Å². The summed E-state index contributed by atoms with van der Waals surface area (Å²) in [5, 5.41) is 11.3. The highest BCUT2D eigenvalue weighted by molar-refractivity contribution is 7.67. The van der Waals surface area contributed by atoms with E-state index in [1.165, 1.54) is 0 Å². The van der Waals surface area contributed by atoms with Crippen LogP contribution in [0.4, 0.5) is 0 Å². The third-order valence-corrected chi connectivity index (χ3v) is 7.49. The van der Waals surface area contributed by atoms with Gasteiger partial charge < -0.3 is 28.6 Å². The summed E-state index contributed by atoms with van der Waals surface area (Å²) in [6, 6.07) is 8.73. The minimum absolute atomic E-state index is 0.287. The first-order valence-electron chi connectivity index (χ1n) is 8.81. The summed E-state index contributed by atoms with van der Waals surface area (Å²) >= 11 is 0. The van der Waals surface area contributed by atoms with E-state index in [1.807, 2.05) is 19.9 Å². The van der Waals surface area contributed by atoms with E-state index in [1.54, 1.807) is 38.1 Å². The lowest BCUT2D eigenvalue weighted by Gasteiger charge is -2.41. The van der Waals surface area contributed by atoms with Crippen molar-refractivity contribution in [2.45, 2.75) is 69.5 Å². The zero-order valence-corrected chi connectivity index (χ0v) is 16.2. The van der Waals surface area contributed by atoms with Crippen molar-refractivity contribution in [2.75, 3.05) is 6.61 Å². The third kappa shape index (κ3) is 3.06. The van der Waals surface area contributed by atoms with Crippen LogP contribution in [-0.2, 0) is 28.0 Å². The molecule has 0 aliphatic carbocycles.